The minimum atomic E-state index is -0.276. The van der Waals surface area contributed by atoms with Crippen LogP contribution in [-0.2, 0) is 4.79 Å². The smallest absolute Gasteiger partial charge is 0.149 e. The second kappa shape index (κ2) is 4.75. The molecule has 0 saturated carbocycles. The monoisotopic (exact) mass is 185 g/mol. The quantitative estimate of drug-likeness (QED) is 0.730. The first-order chi connectivity index (χ1) is 5.74. The zero-order valence-electron chi connectivity index (χ0n) is 9.55. The first-order valence-corrected chi connectivity index (χ1v) is 5.02. The van der Waals surface area contributed by atoms with Crippen LogP contribution >= 0.6 is 0 Å². The molecule has 1 atom stereocenters. The third-order valence-corrected chi connectivity index (χ3v) is 2.21. The fraction of sp³-hybridized carbons (Fsp3) is 0.909. The highest BCUT2D eigenvalue weighted by Crippen LogP contribution is 2.21. The Balaban J connectivity index is 3.89. The van der Waals surface area contributed by atoms with Gasteiger partial charge in [0.1, 0.15) is 5.78 Å². The van der Waals surface area contributed by atoms with E-state index in [0.717, 1.165) is 6.42 Å². The predicted molar refractivity (Wildman–Crippen MR) is 56.5 cm³/mol. The van der Waals surface area contributed by atoms with Crippen LogP contribution in [0.2, 0.25) is 0 Å². The van der Waals surface area contributed by atoms with Crippen molar-refractivity contribution in [3.05, 3.63) is 0 Å². The van der Waals surface area contributed by atoms with Gasteiger partial charge in [0, 0.05) is 6.42 Å². The van der Waals surface area contributed by atoms with Crippen LogP contribution < -0.4 is 5.73 Å². The molecule has 0 fully saturated rings. The van der Waals surface area contributed by atoms with Gasteiger partial charge in [0.05, 0.1) is 6.04 Å². The molecule has 0 unspecified atom stereocenters. The lowest BCUT2D eigenvalue weighted by Gasteiger charge is -2.20. The van der Waals surface area contributed by atoms with E-state index in [9.17, 15) is 4.79 Å². The van der Waals surface area contributed by atoms with Crippen molar-refractivity contribution in [2.24, 2.45) is 17.1 Å². The van der Waals surface area contributed by atoms with Crippen molar-refractivity contribution < 1.29 is 4.79 Å². The summed E-state index contributed by atoms with van der Waals surface area (Å²) in [5.74, 6) is 0.456. The largest absolute Gasteiger partial charge is 0.321 e. The Morgan fingerprint density at radius 2 is 1.77 bits per heavy atom. The van der Waals surface area contributed by atoms with Crippen LogP contribution in [0, 0.1) is 11.3 Å². The molecule has 2 N–H and O–H groups in total. The van der Waals surface area contributed by atoms with Crippen LogP contribution in [0.1, 0.15) is 47.5 Å². The van der Waals surface area contributed by atoms with Gasteiger partial charge >= 0.3 is 0 Å². The molecular weight excluding hydrogens is 162 g/mol. The fourth-order valence-corrected chi connectivity index (χ4v) is 1.04. The van der Waals surface area contributed by atoms with Gasteiger partial charge in [0.25, 0.3) is 0 Å². The number of carbonyl (C=O) groups is 1. The molecule has 2 nitrogen and oxygen atoms in total. The SMILES string of the molecule is CC(C)[C@@H](N)C(=O)CCC(C)(C)C. The fourth-order valence-electron chi connectivity index (χ4n) is 1.04. The molecule has 0 aromatic rings. The van der Waals surface area contributed by atoms with Gasteiger partial charge in [-0.1, -0.05) is 34.6 Å². The summed E-state index contributed by atoms with van der Waals surface area (Å²) < 4.78 is 0. The third kappa shape index (κ3) is 5.81. The Morgan fingerprint density at radius 1 is 1.31 bits per heavy atom. The first-order valence-electron chi connectivity index (χ1n) is 5.02. The zero-order valence-corrected chi connectivity index (χ0v) is 9.55. The standard InChI is InChI=1S/C11H23NO/c1-8(2)10(12)9(13)6-7-11(3,4)5/h8,10H,6-7,12H2,1-5H3/t10-/m1/s1. The van der Waals surface area contributed by atoms with Gasteiger partial charge in [-0.2, -0.15) is 0 Å². The summed E-state index contributed by atoms with van der Waals surface area (Å²) in [6.07, 6.45) is 1.54. The van der Waals surface area contributed by atoms with Crippen LogP contribution in [0.3, 0.4) is 0 Å². The Hall–Kier alpha value is -0.370. The van der Waals surface area contributed by atoms with E-state index < -0.39 is 0 Å². The number of ketones is 1. The van der Waals surface area contributed by atoms with Gasteiger partial charge in [-0.25, -0.2) is 0 Å². The average molecular weight is 185 g/mol. The van der Waals surface area contributed by atoms with E-state index >= 15 is 0 Å². The van der Waals surface area contributed by atoms with Crippen LogP contribution in [-0.4, -0.2) is 11.8 Å². The highest BCUT2D eigenvalue weighted by atomic mass is 16.1. The lowest BCUT2D eigenvalue weighted by atomic mass is 9.87. The zero-order chi connectivity index (χ0) is 10.6. The second-order valence-corrected chi connectivity index (χ2v) is 5.30. The Kier molecular flexibility index (Phi) is 4.62. The summed E-state index contributed by atoms with van der Waals surface area (Å²) in [6.45, 7) is 10.4. The molecule has 2 heteroatoms. The highest BCUT2D eigenvalue weighted by molar-refractivity contribution is 5.83. The van der Waals surface area contributed by atoms with Crippen LogP contribution in [0.5, 0.6) is 0 Å². The number of Topliss-reactive ketones (excluding diaryl/α,β-unsaturated/α-hetero) is 1. The molecule has 0 aliphatic carbocycles. The lowest BCUT2D eigenvalue weighted by Crippen LogP contribution is -2.35. The molecule has 0 rings (SSSR count). The molecular formula is C11H23NO. The van der Waals surface area contributed by atoms with Crippen LogP contribution in [0.4, 0.5) is 0 Å². The Morgan fingerprint density at radius 3 is 2.08 bits per heavy atom. The summed E-state index contributed by atoms with van der Waals surface area (Å²) in [5, 5.41) is 0. The van der Waals surface area contributed by atoms with Crippen LogP contribution in [0.25, 0.3) is 0 Å². The number of hydrogen-bond acceptors (Lipinski definition) is 2. The molecule has 0 bridgehead atoms. The minimum absolute atomic E-state index is 0.199. The van der Waals surface area contributed by atoms with Crippen molar-refractivity contribution in [2.75, 3.05) is 0 Å². The maximum Gasteiger partial charge on any atom is 0.149 e. The van der Waals surface area contributed by atoms with E-state index in [0.29, 0.717) is 6.42 Å². The molecule has 13 heavy (non-hydrogen) atoms. The molecule has 0 saturated heterocycles. The van der Waals surface area contributed by atoms with Crippen molar-refractivity contribution in [3.8, 4) is 0 Å². The van der Waals surface area contributed by atoms with Gasteiger partial charge < -0.3 is 5.73 Å². The molecule has 0 aromatic carbocycles. The molecule has 0 heterocycles. The third-order valence-electron chi connectivity index (χ3n) is 2.21. The van der Waals surface area contributed by atoms with E-state index in [1.165, 1.54) is 0 Å². The topological polar surface area (TPSA) is 43.1 Å². The van der Waals surface area contributed by atoms with Gasteiger partial charge in [-0.15, -0.1) is 0 Å². The summed E-state index contributed by atoms with van der Waals surface area (Å²) in [4.78, 5) is 11.5. The van der Waals surface area contributed by atoms with E-state index in [2.05, 4.69) is 20.8 Å². The lowest BCUT2D eigenvalue weighted by molar-refractivity contribution is -0.121. The van der Waals surface area contributed by atoms with E-state index in [-0.39, 0.29) is 23.2 Å². The van der Waals surface area contributed by atoms with Gasteiger partial charge in [0.15, 0.2) is 0 Å². The van der Waals surface area contributed by atoms with Crippen molar-refractivity contribution in [3.63, 3.8) is 0 Å². The number of carbonyl (C=O) groups excluding carboxylic acids is 1. The van der Waals surface area contributed by atoms with E-state index in [1.807, 2.05) is 13.8 Å². The molecule has 78 valence electrons. The average Bonchev–Trinajstić information content (AvgIpc) is 1.97. The summed E-state index contributed by atoms with van der Waals surface area (Å²) in [7, 11) is 0. The summed E-state index contributed by atoms with van der Waals surface area (Å²) >= 11 is 0. The maximum atomic E-state index is 11.5. The van der Waals surface area contributed by atoms with Gasteiger partial charge in [0.2, 0.25) is 0 Å². The Bertz CT molecular complexity index is 167. The van der Waals surface area contributed by atoms with Gasteiger partial charge in [-0.05, 0) is 17.8 Å². The highest BCUT2D eigenvalue weighted by Gasteiger charge is 2.19. The number of rotatable bonds is 4. The molecule has 0 amide bonds. The predicted octanol–water partition coefficient (Wildman–Crippen LogP) is 2.37. The molecule has 0 aliphatic heterocycles. The van der Waals surface area contributed by atoms with E-state index in [4.69, 9.17) is 5.73 Å². The van der Waals surface area contributed by atoms with Crippen molar-refractivity contribution in [2.45, 2.75) is 53.5 Å². The molecule has 0 radical (unpaired) electrons. The first kappa shape index (κ1) is 12.6. The molecule has 0 spiro atoms. The minimum Gasteiger partial charge on any atom is -0.321 e. The Labute approximate surface area is 81.9 Å². The van der Waals surface area contributed by atoms with Gasteiger partial charge in [-0.3, -0.25) is 4.79 Å². The molecule has 0 aromatic heterocycles. The van der Waals surface area contributed by atoms with Crippen molar-refractivity contribution in [1.29, 1.82) is 0 Å². The number of nitrogens with two attached hydrogens (primary N) is 1. The van der Waals surface area contributed by atoms with E-state index in [1.54, 1.807) is 0 Å². The normalized spacial score (nSPS) is 14.7. The van der Waals surface area contributed by atoms with Crippen LogP contribution in [0.15, 0.2) is 0 Å². The summed E-state index contributed by atoms with van der Waals surface area (Å²) in [6, 6.07) is -0.276. The van der Waals surface area contributed by atoms with Crippen molar-refractivity contribution >= 4 is 5.78 Å². The number of hydrogen-bond donors (Lipinski definition) is 1. The molecule has 0 aliphatic rings. The second-order valence-electron chi connectivity index (χ2n) is 5.30. The van der Waals surface area contributed by atoms with Crippen molar-refractivity contribution in [1.82, 2.24) is 0 Å². The summed E-state index contributed by atoms with van der Waals surface area (Å²) in [5.41, 5.74) is 5.97. The maximum absolute atomic E-state index is 11.5.